The van der Waals surface area contributed by atoms with Crippen LogP contribution in [-0.4, -0.2) is 21.9 Å². The molecule has 1 aromatic carbocycles. The van der Waals surface area contributed by atoms with E-state index in [1.807, 2.05) is 12.1 Å². The van der Waals surface area contributed by atoms with Crippen molar-refractivity contribution in [1.82, 2.24) is 14.8 Å². The van der Waals surface area contributed by atoms with Gasteiger partial charge in [-0.3, -0.25) is 4.68 Å². The molecule has 3 rings (SSSR count). The van der Waals surface area contributed by atoms with Crippen LogP contribution in [0.5, 0.6) is 5.88 Å². The third kappa shape index (κ3) is 3.52. The van der Waals surface area contributed by atoms with Crippen LogP contribution < -0.4 is 4.74 Å². The Hall–Kier alpha value is -2.76. The molecule has 0 N–H and O–H groups in total. The molecule has 2 heterocycles. The molecule has 0 fully saturated rings. The van der Waals surface area contributed by atoms with Crippen molar-refractivity contribution in [3.05, 3.63) is 65.1 Å². The van der Waals surface area contributed by atoms with E-state index in [0.717, 1.165) is 5.69 Å². The largest absolute Gasteiger partial charge is 0.481 e. The molecule has 3 aromatic rings. The lowest BCUT2D eigenvalue weighted by molar-refractivity contribution is 0.395. The van der Waals surface area contributed by atoms with Gasteiger partial charge in [0.25, 0.3) is 0 Å². The fourth-order valence-corrected chi connectivity index (χ4v) is 2.69. The zero-order chi connectivity index (χ0) is 18.0. The summed E-state index contributed by atoms with van der Waals surface area (Å²) in [5.74, 6) is -1.09. The third-order valence-corrected chi connectivity index (χ3v) is 4.10. The molecule has 4 nitrogen and oxygen atoms in total. The molecule has 0 atom stereocenters. The van der Waals surface area contributed by atoms with Crippen molar-refractivity contribution in [1.29, 1.82) is 0 Å². The number of methoxy groups -OCH3 is 1. The molecule has 6 heteroatoms. The molecule has 0 aliphatic carbocycles. The van der Waals surface area contributed by atoms with Crippen molar-refractivity contribution >= 4 is 0 Å². The van der Waals surface area contributed by atoms with E-state index < -0.39 is 11.6 Å². The standard InChI is InChI=1S/C19H19F2N3O/c1-12-7-8-15(19(21)18(12)20)16-11-24(23-13(16)2)10-9-14-5-4-6-17(22-14)25-3/h4-8,11H,9-10H2,1-3H3. The zero-order valence-corrected chi connectivity index (χ0v) is 14.4. The Morgan fingerprint density at radius 2 is 1.84 bits per heavy atom. The summed E-state index contributed by atoms with van der Waals surface area (Å²) in [6.07, 6.45) is 2.39. The van der Waals surface area contributed by atoms with Crippen molar-refractivity contribution in [2.45, 2.75) is 26.8 Å². The Morgan fingerprint density at radius 3 is 2.60 bits per heavy atom. The molecular formula is C19H19F2N3O. The van der Waals surface area contributed by atoms with Crippen molar-refractivity contribution in [3.63, 3.8) is 0 Å². The maximum Gasteiger partial charge on any atom is 0.213 e. The van der Waals surface area contributed by atoms with Crippen LogP contribution in [0.2, 0.25) is 0 Å². The summed E-state index contributed by atoms with van der Waals surface area (Å²) in [5.41, 5.74) is 2.64. The van der Waals surface area contributed by atoms with Gasteiger partial charge in [-0.05, 0) is 25.5 Å². The molecule has 0 saturated heterocycles. The number of hydrogen-bond donors (Lipinski definition) is 0. The highest BCUT2D eigenvalue weighted by Gasteiger charge is 2.16. The molecule has 0 saturated carbocycles. The van der Waals surface area contributed by atoms with Gasteiger partial charge >= 0.3 is 0 Å². The molecule has 25 heavy (non-hydrogen) atoms. The van der Waals surface area contributed by atoms with Gasteiger partial charge in [0.2, 0.25) is 5.88 Å². The minimum Gasteiger partial charge on any atom is -0.481 e. The average Bonchev–Trinajstić information content (AvgIpc) is 2.99. The summed E-state index contributed by atoms with van der Waals surface area (Å²) in [5, 5.41) is 4.41. The molecule has 0 unspecified atom stereocenters. The predicted molar refractivity (Wildman–Crippen MR) is 91.5 cm³/mol. The van der Waals surface area contributed by atoms with Crippen LogP contribution in [0.1, 0.15) is 17.0 Å². The van der Waals surface area contributed by atoms with Gasteiger partial charge < -0.3 is 4.74 Å². The van der Waals surface area contributed by atoms with Crippen molar-refractivity contribution in [3.8, 4) is 17.0 Å². The van der Waals surface area contributed by atoms with Gasteiger partial charge in [-0.1, -0.05) is 18.2 Å². The van der Waals surface area contributed by atoms with E-state index in [-0.39, 0.29) is 11.1 Å². The monoisotopic (exact) mass is 343 g/mol. The Kier molecular flexibility index (Phi) is 4.79. The minimum atomic E-state index is -0.836. The summed E-state index contributed by atoms with van der Waals surface area (Å²) < 4.78 is 34.9. The average molecular weight is 343 g/mol. The normalized spacial score (nSPS) is 10.9. The van der Waals surface area contributed by atoms with Crippen molar-refractivity contribution in [2.24, 2.45) is 0 Å². The Bertz CT molecular complexity index is 906. The molecule has 0 spiro atoms. The van der Waals surface area contributed by atoms with Crippen molar-refractivity contribution in [2.75, 3.05) is 7.11 Å². The number of hydrogen-bond acceptors (Lipinski definition) is 3. The second kappa shape index (κ2) is 7.01. The lowest BCUT2D eigenvalue weighted by Crippen LogP contribution is -2.03. The van der Waals surface area contributed by atoms with Gasteiger partial charge in [-0.2, -0.15) is 5.10 Å². The number of halogens is 2. The molecule has 0 aliphatic rings. The molecule has 2 aromatic heterocycles. The number of benzene rings is 1. The van der Waals surface area contributed by atoms with Gasteiger partial charge in [0.1, 0.15) is 0 Å². The number of aryl methyl sites for hydroxylation is 4. The van der Waals surface area contributed by atoms with Crippen LogP contribution in [-0.2, 0) is 13.0 Å². The third-order valence-electron chi connectivity index (χ3n) is 4.10. The fraction of sp³-hybridized carbons (Fsp3) is 0.263. The first-order valence-electron chi connectivity index (χ1n) is 7.98. The first-order chi connectivity index (χ1) is 12.0. The van der Waals surface area contributed by atoms with E-state index in [1.165, 1.54) is 0 Å². The van der Waals surface area contributed by atoms with Crippen LogP contribution in [0, 0.1) is 25.5 Å². The minimum absolute atomic E-state index is 0.228. The van der Waals surface area contributed by atoms with Gasteiger partial charge in [0.15, 0.2) is 11.6 Å². The highest BCUT2D eigenvalue weighted by atomic mass is 19.2. The summed E-state index contributed by atoms with van der Waals surface area (Å²) in [6.45, 7) is 3.91. The molecule has 0 bridgehead atoms. The Labute approximate surface area is 145 Å². The number of ether oxygens (including phenoxy) is 1. The van der Waals surface area contributed by atoms with Crippen LogP contribution in [0.4, 0.5) is 8.78 Å². The van der Waals surface area contributed by atoms with Gasteiger partial charge in [0, 0.05) is 42.0 Å². The van der Waals surface area contributed by atoms with Gasteiger partial charge in [-0.15, -0.1) is 0 Å². The second-order valence-corrected chi connectivity index (χ2v) is 5.87. The highest BCUT2D eigenvalue weighted by molar-refractivity contribution is 5.66. The van der Waals surface area contributed by atoms with Crippen LogP contribution in [0.15, 0.2) is 36.5 Å². The Balaban J connectivity index is 1.82. The second-order valence-electron chi connectivity index (χ2n) is 5.87. The molecular weight excluding hydrogens is 324 g/mol. The van der Waals surface area contributed by atoms with Crippen LogP contribution in [0.25, 0.3) is 11.1 Å². The highest BCUT2D eigenvalue weighted by Crippen LogP contribution is 2.28. The van der Waals surface area contributed by atoms with E-state index in [0.29, 0.717) is 30.1 Å². The summed E-state index contributed by atoms with van der Waals surface area (Å²) in [6, 6.07) is 8.74. The van der Waals surface area contributed by atoms with E-state index in [9.17, 15) is 8.78 Å². The number of nitrogens with zero attached hydrogens (tertiary/aromatic N) is 3. The summed E-state index contributed by atoms with van der Waals surface area (Å²) in [4.78, 5) is 4.36. The lowest BCUT2D eigenvalue weighted by Gasteiger charge is -2.05. The van der Waals surface area contributed by atoms with Crippen LogP contribution >= 0.6 is 0 Å². The van der Waals surface area contributed by atoms with E-state index >= 15 is 0 Å². The van der Waals surface area contributed by atoms with E-state index in [1.54, 1.807) is 50.0 Å². The number of rotatable bonds is 5. The quantitative estimate of drug-likeness (QED) is 0.700. The molecule has 0 amide bonds. The molecule has 0 radical (unpaired) electrons. The summed E-state index contributed by atoms with van der Waals surface area (Å²) in [7, 11) is 1.57. The number of pyridine rings is 1. The molecule has 0 aliphatic heterocycles. The SMILES string of the molecule is COc1cccc(CCn2cc(-c3ccc(C)c(F)c3F)c(C)n2)n1. The maximum atomic E-state index is 14.2. The number of aromatic nitrogens is 3. The first-order valence-corrected chi connectivity index (χ1v) is 7.98. The lowest BCUT2D eigenvalue weighted by atomic mass is 10.0. The maximum absolute atomic E-state index is 14.2. The summed E-state index contributed by atoms with van der Waals surface area (Å²) >= 11 is 0. The van der Waals surface area contributed by atoms with Crippen LogP contribution in [0.3, 0.4) is 0 Å². The smallest absolute Gasteiger partial charge is 0.213 e. The zero-order valence-electron chi connectivity index (χ0n) is 14.4. The van der Waals surface area contributed by atoms with Gasteiger partial charge in [0.05, 0.1) is 12.8 Å². The van der Waals surface area contributed by atoms with Crippen molar-refractivity contribution < 1.29 is 13.5 Å². The fourth-order valence-electron chi connectivity index (χ4n) is 2.69. The predicted octanol–water partition coefficient (Wildman–Crippen LogP) is 4.09. The van der Waals surface area contributed by atoms with Gasteiger partial charge in [-0.25, -0.2) is 13.8 Å². The Morgan fingerprint density at radius 1 is 1.04 bits per heavy atom. The topological polar surface area (TPSA) is 39.9 Å². The van der Waals surface area contributed by atoms with E-state index in [4.69, 9.17) is 4.74 Å². The molecule has 130 valence electrons. The van der Waals surface area contributed by atoms with E-state index in [2.05, 4.69) is 10.1 Å². The first kappa shape index (κ1) is 17.1.